The first-order valence-corrected chi connectivity index (χ1v) is 18.4. The van der Waals surface area contributed by atoms with Gasteiger partial charge in [0.05, 0.1) is 5.69 Å². The van der Waals surface area contributed by atoms with Crippen LogP contribution in [0, 0.1) is 0 Å². The molecule has 0 aliphatic heterocycles. The normalized spacial score (nSPS) is 12.8. The van der Waals surface area contributed by atoms with E-state index in [4.69, 9.17) is 0 Å². The van der Waals surface area contributed by atoms with Gasteiger partial charge >= 0.3 is 0 Å². The second-order valence-electron chi connectivity index (χ2n) is 14.4. The second-order valence-corrected chi connectivity index (χ2v) is 14.4. The van der Waals surface area contributed by atoms with Gasteiger partial charge in [0, 0.05) is 22.4 Å². The summed E-state index contributed by atoms with van der Waals surface area (Å²) in [6.07, 6.45) is 1.04. The van der Waals surface area contributed by atoms with Crippen molar-refractivity contribution in [3.05, 3.63) is 199 Å². The summed E-state index contributed by atoms with van der Waals surface area (Å²) < 4.78 is 0. The van der Waals surface area contributed by atoms with E-state index in [1.54, 1.807) is 0 Å². The molecular formula is C51H41N. The molecule has 1 aliphatic rings. The zero-order valence-electron chi connectivity index (χ0n) is 30.0. The molecule has 250 valence electrons. The van der Waals surface area contributed by atoms with Crippen molar-refractivity contribution in [1.29, 1.82) is 0 Å². The number of rotatable bonds is 7. The Hall–Kier alpha value is -6.18. The molecule has 8 aromatic rings. The lowest BCUT2D eigenvalue weighted by atomic mass is 9.81. The molecule has 0 saturated carbocycles. The summed E-state index contributed by atoms with van der Waals surface area (Å²) in [5.41, 5.74) is 17.5. The van der Waals surface area contributed by atoms with E-state index in [9.17, 15) is 0 Å². The molecule has 52 heavy (non-hydrogen) atoms. The summed E-state index contributed by atoms with van der Waals surface area (Å²) in [5, 5.41) is 2.52. The first kappa shape index (κ1) is 31.8. The second kappa shape index (κ2) is 12.9. The van der Waals surface area contributed by atoms with Crippen molar-refractivity contribution in [1.82, 2.24) is 0 Å². The molecule has 0 heterocycles. The Morgan fingerprint density at radius 2 is 0.942 bits per heavy atom. The fraction of sp³-hybridized carbons (Fsp3) is 0.0980. The number of fused-ring (bicyclic) bond motifs is 4. The van der Waals surface area contributed by atoms with Gasteiger partial charge in [-0.1, -0.05) is 172 Å². The minimum absolute atomic E-state index is 0.106. The van der Waals surface area contributed by atoms with E-state index < -0.39 is 0 Å². The fourth-order valence-corrected chi connectivity index (χ4v) is 8.32. The van der Waals surface area contributed by atoms with Gasteiger partial charge in [0.2, 0.25) is 0 Å². The highest BCUT2D eigenvalue weighted by atomic mass is 15.1. The van der Waals surface area contributed by atoms with Crippen LogP contribution in [-0.4, -0.2) is 0 Å². The Morgan fingerprint density at radius 3 is 1.60 bits per heavy atom. The predicted molar refractivity (Wildman–Crippen MR) is 222 cm³/mol. The van der Waals surface area contributed by atoms with Crippen LogP contribution in [0.3, 0.4) is 0 Å². The Balaban J connectivity index is 1.21. The van der Waals surface area contributed by atoms with Gasteiger partial charge < -0.3 is 4.90 Å². The van der Waals surface area contributed by atoms with Crippen molar-refractivity contribution in [2.24, 2.45) is 0 Å². The van der Waals surface area contributed by atoms with Crippen molar-refractivity contribution in [2.75, 3.05) is 4.90 Å². The topological polar surface area (TPSA) is 3.24 Å². The number of nitrogens with zero attached hydrogens (tertiary/aromatic N) is 1. The predicted octanol–water partition coefficient (Wildman–Crippen LogP) is 14.2. The van der Waals surface area contributed by atoms with Gasteiger partial charge in [0.15, 0.2) is 0 Å². The summed E-state index contributed by atoms with van der Waals surface area (Å²) in [6.45, 7) is 7.00. The van der Waals surface area contributed by atoms with Crippen LogP contribution in [0.2, 0.25) is 0 Å². The Bertz CT molecular complexity index is 2560. The maximum atomic E-state index is 2.45. The summed E-state index contributed by atoms with van der Waals surface area (Å²) in [4.78, 5) is 2.45. The summed E-state index contributed by atoms with van der Waals surface area (Å²) in [6, 6.07) is 66.9. The average molecular weight is 668 g/mol. The molecule has 8 aromatic carbocycles. The lowest BCUT2D eigenvalue weighted by Crippen LogP contribution is -2.17. The molecule has 1 heteroatoms. The van der Waals surface area contributed by atoms with Crippen LogP contribution < -0.4 is 4.90 Å². The van der Waals surface area contributed by atoms with Gasteiger partial charge in [0.1, 0.15) is 0 Å². The quantitative estimate of drug-likeness (QED) is 0.163. The van der Waals surface area contributed by atoms with Crippen molar-refractivity contribution in [3.63, 3.8) is 0 Å². The van der Waals surface area contributed by atoms with Gasteiger partial charge in [-0.15, -0.1) is 0 Å². The Morgan fingerprint density at radius 1 is 0.423 bits per heavy atom. The maximum absolute atomic E-state index is 2.45. The standard InChI is InChI=1S/C51H41N/c1-4-35-25-31-45-46-32-30-41(34-48(46)51(2,3)47(45)33-35)52(49-24-12-11-21-42(49)36-15-7-5-8-16-36)40-28-26-38(27-29-40)44-23-14-20-39-19-13-22-43(50(39)44)37-17-9-6-10-18-37/h5-34H,4H2,1-3H3. The molecule has 0 atom stereocenters. The van der Waals surface area contributed by atoms with E-state index in [-0.39, 0.29) is 5.41 Å². The van der Waals surface area contributed by atoms with Crippen LogP contribution in [0.15, 0.2) is 182 Å². The third-order valence-corrected chi connectivity index (χ3v) is 11.0. The number of aryl methyl sites for hydroxylation is 1. The van der Waals surface area contributed by atoms with Gasteiger partial charge in [0.25, 0.3) is 0 Å². The summed E-state index contributed by atoms with van der Waals surface area (Å²) in [7, 11) is 0. The lowest BCUT2D eigenvalue weighted by molar-refractivity contribution is 0.659. The van der Waals surface area contributed by atoms with Gasteiger partial charge in [-0.2, -0.15) is 0 Å². The first-order chi connectivity index (χ1) is 25.5. The van der Waals surface area contributed by atoms with E-state index in [2.05, 4.69) is 208 Å². The molecule has 0 radical (unpaired) electrons. The van der Waals surface area contributed by atoms with Gasteiger partial charge in [-0.05, 0) is 103 Å². The summed E-state index contributed by atoms with van der Waals surface area (Å²) >= 11 is 0. The monoisotopic (exact) mass is 667 g/mol. The first-order valence-electron chi connectivity index (χ1n) is 18.4. The number of anilines is 3. The number of benzene rings is 8. The van der Waals surface area contributed by atoms with Crippen molar-refractivity contribution < 1.29 is 0 Å². The average Bonchev–Trinajstić information content (AvgIpc) is 3.43. The van der Waals surface area contributed by atoms with Crippen LogP contribution in [0.1, 0.15) is 37.5 Å². The fourth-order valence-electron chi connectivity index (χ4n) is 8.32. The Kier molecular flexibility index (Phi) is 7.86. The highest BCUT2D eigenvalue weighted by Crippen LogP contribution is 2.51. The smallest absolute Gasteiger partial charge is 0.0540 e. The molecule has 0 amide bonds. The molecule has 0 bridgehead atoms. The van der Waals surface area contributed by atoms with Crippen molar-refractivity contribution in [3.8, 4) is 44.5 Å². The minimum atomic E-state index is -0.106. The third-order valence-electron chi connectivity index (χ3n) is 11.0. The highest BCUT2D eigenvalue weighted by molar-refractivity contribution is 6.06. The molecule has 1 aliphatic carbocycles. The zero-order chi connectivity index (χ0) is 35.2. The van der Waals surface area contributed by atoms with Crippen LogP contribution in [0.5, 0.6) is 0 Å². The van der Waals surface area contributed by atoms with Crippen LogP contribution >= 0.6 is 0 Å². The van der Waals surface area contributed by atoms with E-state index in [1.165, 1.54) is 72.0 Å². The van der Waals surface area contributed by atoms with Crippen molar-refractivity contribution in [2.45, 2.75) is 32.6 Å². The minimum Gasteiger partial charge on any atom is -0.310 e. The molecule has 0 saturated heterocycles. The summed E-state index contributed by atoms with van der Waals surface area (Å²) in [5.74, 6) is 0. The zero-order valence-corrected chi connectivity index (χ0v) is 30.0. The molecule has 0 fully saturated rings. The third kappa shape index (κ3) is 5.33. The van der Waals surface area contributed by atoms with Crippen LogP contribution in [-0.2, 0) is 11.8 Å². The molecule has 0 spiro atoms. The SMILES string of the molecule is CCc1ccc2c(c1)C(C)(C)c1cc(N(c3ccc(-c4cccc5cccc(-c6ccccc6)c45)cc3)c3ccccc3-c3ccccc3)ccc1-2. The number of para-hydroxylation sites is 1. The highest BCUT2D eigenvalue weighted by Gasteiger charge is 2.36. The molecular weight excluding hydrogens is 627 g/mol. The molecule has 9 rings (SSSR count). The molecule has 1 nitrogen and oxygen atoms in total. The van der Waals surface area contributed by atoms with Gasteiger partial charge in [-0.3, -0.25) is 0 Å². The van der Waals surface area contributed by atoms with Crippen LogP contribution in [0.25, 0.3) is 55.3 Å². The van der Waals surface area contributed by atoms with Crippen LogP contribution in [0.4, 0.5) is 17.1 Å². The lowest BCUT2D eigenvalue weighted by Gasteiger charge is -2.30. The number of hydrogen-bond acceptors (Lipinski definition) is 1. The van der Waals surface area contributed by atoms with E-state index in [0.29, 0.717) is 0 Å². The molecule has 0 aromatic heterocycles. The van der Waals surface area contributed by atoms with Gasteiger partial charge in [-0.25, -0.2) is 0 Å². The number of hydrogen-bond donors (Lipinski definition) is 0. The van der Waals surface area contributed by atoms with Crippen molar-refractivity contribution >= 4 is 27.8 Å². The molecule has 0 N–H and O–H groups in total. The van der Waals surface area contributed by atoms with E-state index >= 15 is 0 Å². The van der Waals surface area contributed by atoms with E-state index in [0.717, 1.165) is 23.5 Å². The Labute approximate surface area is 307 Å². The molecule has 0 unspecified atom stereocenters. The maximum Gasteiger partial charge on any atom is 0.0540 e. The van der Waals surface area contributed by atoms with E-state index in [1.807, 2.05) is 0 Å². The largest absolute Gasteiger partial charge is 0.310 e.